The molecule has 0 bridgehead atoms. The van der Waals surface area contributed by atoms with Gasteiger partial charge < -0.3 is 16.0 Å². The number of amides is 1. The van der Waals surface area contributed by atoms with Crippen molar-refractivity contribution in [3.63, 3.8) is 0 Å². The molecule has 6 heteroatoms. The number of benzene rings is 1. The lowest BCUT2D eigenvalue weighted by Gasteiger charge is -2.16. The number of aromatic nitrogens is 2. The summed E-state index contributed by atoms with van der Waals surface area (Å²) in [5.74, 6) is 0.400. The van der Waals surface area contributed by atoms with Crippen molar-refractivity contribution in [2.24, 2.45) is 5.92 Å². The van der Waals surface area contributed by atoms with Crippen LogP contribution < -0.4 is 11.1 Å². The maximum absolute atomic E-state index is 12.1. The van der Waals surface area contributed by atoms with E-state index in [-0.39, 0.29) is 17.4 Å². The molecule has 24 heavy (non-hydrogen) atoms. The Kier molecular flexibility index (Phi) is 5.38. The van der Waals surface area contributed by atoms with Crippen LogP contribution in [0.25, 0.3) is 0 Å². The van der Waals surface area contributed by atoms with Crippen LogP contribution in [0.3, 0.4) is 0 Å². The second kappa shape index (κ2) is 7.88. The lowest BCUT2D eigenvalue weighted by Crippen LogP contribution is -2.32. The third-order valence-corrected chi connectivity index (χ3v) is 4.42. The topological polar surface area (TPSA) is 84.1 Å². The van der Waals surface area contributed by atoms with Gasteiger partial charge in [0, 0.05) is 32.0 Å². The molecule has 1 saturated heterocycles. The van der Waals surface area contributed by atoms with Crippen LogP contribution in [-0.2, 0) is 6.42 Å². The molecule has 1 aliphatic heterocycles. The minimum atomic E-state index is -0.247. The van der Waals surface area contributed by atoms with E-state index >= 15 is 0 Å². The molecular weight excluding hydrogens is 302 g/mol. The highest BCUT2D eigenvalue weighted by Gasteiger charge is 2.23. The molecule has 1 amide bonds. The van der Waals surface area contributed by atoms with Gasteiger partial charge in [-0.1, -0.05) is 30.3 Å². The second-order valence-corrected chi connectivity index (χ2v) is 6.19. The molecule has 1 fully saturated rings. The van der Waals surface area contributed by atoms with Gasteiger partial charge >= 0.3 is 0 Å². The van der Waals surface area contributed by atoms with Crippen molar-refractivity contribution in [1.82, 2.24) is 20.2 Å². The molecule has 126 valence electrons. The fourth-order valence-electron chi connectivity index (χ4n) is 3.06. The normalized spacial score (nSPS) is 17.8. The largest absolute Gasteiger partial charge is 0.382 e. The first-order valence-electron chi connectivity index (χ1n) is 8.33. The van der Waals surface area contributed by atoms with Gasteiger partial charge in [0.15, 0.2) is 11.5 Å². The number of nitrogens with one attached hydrogen (secondary N) is 1. The Morgan fingerprint density at radius 3 is 2.83 bits per heavy atom. The van der Waals surface area contributed by atoms with Crippen LogP contribution >= 0.6 is 0 Å². The van der Waals surface area contributed by atoms with E-state index in [1.165, 1.54) is 18.0 Å². The van der Waals surface area contributed by atoms with Crippen molar-refractivity contribution < 1.29 is 4.79 Å². The van der Waals surface area contributed by atoms with Crippen molar-refractivity contribution in [2.45, 2.75) is 12.8 Å². The van der Waals surface area contributed by atoms with Gasteiger partial charge in [0.25, 0.3) is 5.91 Å². The van der Waals surface area contributed by atoms with E-state index in [1.807, 2.05) is 6.07 Å². The average Bonchev–Trinajstić information content (AvgIpc) is 3.07. The van der Waals surface area contributed by atoms with Crippen molar-refractivity contribution in [3.05, 3.63) is 54.0 Å². The van der Waals surface area contributed by atoms with Crippen LogP contribution in [0.5, 0.6) is 0 Å². The predicted molar refractivity (Wildman–Crippen MR) is 93.5 cm³/mol. The summed E-state index contributed by atoms with van der Waals surface area (Å²) in [5.41, 5.74) is 7.25. The smallest absolute Gasteiger partial charge is 0.273 e. The third kappa shape index (κ3) is 4.29. The number of carbonyl (C=O) groups excluding carboxylic acids is 1. The minimum Gasteiger partial charge on any atom is -0.382 e. The number of hydrogen-bond donors (Lipinski definition) is 2. The first kappa shape index (κ1) is 16.4. The molecule has 1 aromatic carbocycles. The predicted octanol–water partition coefficient (Wildman–Crippen LogP) is 1.35. The molecule has 3 N–H and O–H groups in total. The highest BCUT2D eigenvalue weighted by Crippen LogP contribution is 2.16. The molecule has 2 aromatic rings. The van der Waals surface area contributed by atoms with E-state index in [1.54, 1.807) is 0 Å². The average molecular weight is 325 g/mol. The van der Waals surface area contributed by atoms with Gasteiger partial charge in [-0.05, 0) is 30.9 Å². The van der Waals surface area contributed by atoms with Gasteiger partial charge in [0.05, 0.1) is 0 Å². The number of nitrogens with zero attached hydrogens (tertiary/aromatic N) is 3. The summed E-state index contributed by atoms with van der Waals surface area (Å²) < 4.78 is 0. The number of likely N-dealkylation sites (tertiary alicyclic amines) is 1. The van der Waals surface area contributed by atoms with Crippen LogP contribution in [0, 0.1) is 5.92 Å². The zero-order valence-electron chi connectivity index (χ0n) is 13.7. The number of hydrogen-bond acceptors (Lipinski definition) is 5. The van der Waals surface area contributed by atoms with Gasteiger partial charge in [0.1, 0.15) is 0 Å². The number of rotatable bonds is 6. The van der Waals surface area contributed by atoms with Crippen LogP contribution in [0.2, 0.25) is 0 Å². The molecule has 1 atom stereocenters. The summed E-state index contributed by atoms with van der Waals surface area (Å²) in [7, 11) is 0. The van der Waals surface area contributed by atoms with Gasteiger partial charge in [-0.15, -0.1) is 0 Å². The lowest BCUT2D eigenvalue weighted by atomic mass is 10.1. The molecule has 0 spiro atoms. The molecule has 0 unspecified atom stereocenters. The minimum absolute atomic E-state index is 0.172. The standard InChI is InChI=1S/C18H23N5O/c19-17-16(20-8-9-21-17)18(24)22-12-15-7-11-23(13-15)10-6-14-4-2-1-3-5-14/h1-5,8-9,15H,6-7,10-13H2,(H2,19,21)(H,22,24)/t15-/m1/s1. The van der Waals surface area contributed by atoms with E-state index in [2.05, 4.69) is 44.5 Å². The van der Waals surface area contributed by atoms with Gasteiger partial charge in [-0.2, -0.15) is 0 Å². The summed E-state index contributed by atoms with van der Waals surface area (Å²) in [6.45, 7) is 3.81. The van der Waals surface area contributed by atoms with Gasteiger partial charge in [-0.25, -0.2) is 9.97 Å². The van der Waals surface area contributed by atoms with Crippen LogP contribution in [0.1, 0.15) is 22.5 Å². The molecule has 0 radical (unpaired) electrons. The SMILES string of the molecule is Nc1nccnc1C(=O)NC[C@H]1CCN(CCc2ccccc2)C1. The molecule has 2 heterocycles. The number of carbonyl (C=O) groups is 1. The van der Waals surface area contributed by atoms with E-state index < -0.39 is 0 Å². The van der Waals surface area contributed by atoms with Crippen LogP contribution in [0.15, 0.2) is 42.7 Å². The first-order valence-corrected chi connectivity index (χ1v) is 8.33. The Labute approximate surface area is 142 Å². The molecule has 6 nitrogen and oxygen atoms in total. The Hall–Kier alpha value is -2.47. The monoisotopic (exact) mass is 325 g/mol. The lowest BCUT2D eigenvalue weighted by molar-refractivity contribution is 0.0943. The fraction of sp³-hybridized carbons (Fsp3) is 0.389. The molecule has 3 rings (SSSR count). The summed E-state index contributed by atoms with van der Waals surface area (Å²) in [6, 6.07) is 10.5. The fourth-order valence-corrected chi connectivity index (χ4v) is 3.06. The van der Waals surface area contributed by atoms with E-state index in [4.69, 9.17) is 5.73 Å². The summed E-state index contributed by atoms with van der Waals surface area (Å²) in [4.78, 5) is 22.4. The highest BCUT2D eigenvalue weighted by atomic mass is 16.1. The molecule has 1 aliphatic rings. The van der Waals surface area contributed by atoms with Gasteiger partial charge in [0.2, 0.25) is 0 Å². The Morgan fingerprint density at radius 1 is 1.25 bits per heavy atom. The Balaban J connectivity index is 1.42. The van der Waals surface area contributed by atoms with E-state index in [0.29, 0.717) is 12.5 Å². The van der Waals surface area contributed by atoms with Crippen molar-refractivity contribution in [2.75, 3.05) is 31.9 Å². The molecular formula is C18H23N5O. The molecule has 0 saturated carbocycles. The maximum atomic E-state index is 12.1. The number of nitrogens with two attached hydrogens (primary N) is 1. The van der Waals surface area contributed by atoms with E-state index in [0.717, 1.165) is 32.5 Å². The highest BCUT2D eigenvalue weighted by molar-refractivity contribution is 5.96. The van der Waals surface area contributed by atoms with Crippen molar-refractivity contribution in [3.8, 4) is 0 Å². The van der Waals surface area contributed by atoms with E-state index in [9.17, 15) is 4.79 Å². The Bertz CT molecular complexity index is 676. The molecule has 1 aromatic heterocycles. The summed E-state index contributed by atoms with van der Waals surface area (Å²) >= 11 is 0. The number of anilines is 1. The third-order valence-electron chi connectivity index (χ3n) is 4.42. The van der Waals surface area contributed by atoms with Crippen molar-refractivity contribution >= 4 is 11.7 Å². The summed E-state index contributed by atoms with van der Waals surface area (Å²) in [5, 5.41) is 2.93. The Morgan fingerprint density at radius 2 is 2.04 bits per heavy atom. The second-order valence-electron chi connectivity index (χ2n) is 6.19. The van der Waals surface area contributed by atoms with Crippen molar-refractivity contribution in [1.29, 1.82) is 0 Å². The van der Waals surface area contributed by atoms with Crippen LogP contribution in [-0.4, -0.2) is 47.0 Å². The first-order chi connectivity index (χ1) is 11.7. The quantitative estimate of drug-likeness (QED) is 0.837. The zero-order chi connectivity index (χ0) is 16.8. The number of nitrogen functional groups attached to an aromatic ring is 1. The summed E-state index contributed by atoms with van der Waals surface area (Å²) in [6.07, 6.45) is 5.13. The molecule has 0 aliphatic carbocycles. The zero-order valence-corrected chi connectivity index (χ0v) is 13.7. The van der Waals surface area contributed by atoms with Gasteiger partial charge in [-0.3, -0.25) is 4.79 Å². The van der Waals surface area contributed by atoms with Crippen LogP contribution in [0.4, 0.5) is 5.82 Å². The maximum Gasteiger partial charge on any atom is 0.273 e.